The number of nitrogens with one attached hydrogen (secondary N) is 2. The molecule has 1 fully saturated rings. The van der Waals surface area contributed by atoms with E-state index in [2.05, 4.69) is 20.5 Å². The first-order valence-corrected chi connectivity index (χ1v) is 9.21. The Bertz CT molecular complexity index is 1020. The predicted octanol–water partition coefficient (Wildman–Crippen LogP) is 3.08. The second-order valence-corrected chi connectivity index (χ2v) is 7.01. The molecular formula is C21H19N5O. The van der Waals surface area contributed by atoms with E-state index in [1.807, 2.05) is 54.6 Å². The number of rotatable bonds is 4. The van der Waals surface area contributed by atoms with Gasteiger partial charge in [0.05, 0.1) is 5.71 Å². The highest BCUT2D eigenvalue weighted by Crippen LogP contribution is 2.38. The molecule has 1 aromatic heterocycles. The number of benzene rings is 2. The lowest BCUT2D eigenvalue weighted by Crippen LogP contribution is -2.29. The van der Waals surface area contributed by atoms with Gasteiger partial charge in [0.2, 0.25) is 5.95 Å². The number of hydrogen-bond donors (Lipinski definition) is 2. The summed E-state index contributed by atoms with van der Waals surface area (Å²) in [5.74, 6) is 1.79. The maximum Gasteiger partial charge on any atom is 0.244 e. The molecule has 3 aromatic rings. The van der Waals surface area contributed by atoms with Gasteiger partial charge in [-0.05, 0) is 18.4 Å². The van der Waals surface area contributed by atoms with E-state index >= 15 is 0 Å². The van der Waals surface area contributed by atoms with Gasteiger partial charge in [-0.25, -0.2) is 0 Å². The van der Waals surface area contributed by atoms with E-state index in [0.29, 0.717) is 18.3 Å². The Kier molecular flexibility index (Phi) is 3.81. The normalized spacial score (nSPS) is 19.2. The van der Waals surface area contributed by atoms with Crippen molar-refractivity contribution in [2.45, 2.75) is 31.3 Å². The molecule has 2 N–H and O–H groups in total. The minimum atomic E-state index is -0.713. The Hall–Kier alpha value is -3.28. The van der Waals surface area contributed by atoms with E-state index < -0.39 is 6.17 Å². The maximum absolute atomic E-state index is 12.9. The number of carbonyl (C=O) groups excluding carboxylic acids is 1. The van der Waals surface area contributed by atoms with E-state index in [0.717, 1.165) is 41.1 Å². The molecule has 1 unspecified atom stereocenters. The number of fused-ring (bicyclic) bond motifs is 1. The lowest BCUT2D eigenvalue weighted by molar-refractivity contribution is -0.118. The molecule has 27 heavy (non-hydrogen) atoms. The van der Waals surface area contributed by atoms with E-state index in [1.165, 1.54) is 0 Å². The molecule has 0 amide bonds. The Morgan fingerprint density at radius 2 is 1.78 bits per heavy atom. The van der Waals surface area contributed by atoms with Gasteiger partial charge in [0.1, 0.15) is 5.82 Å². The van der Waals surface area contributed by atoms with Crippen molar-refractivity contribution in [3.8, 4) is 0 Å². The number of ketones is 1. The third kappa shape index (κ3) is 3.14. The Morgan fingerprint density at radius 3 is 2.59 bits per heavy atom. The van der Waals surface area contributed by atoms with Crippen LogP contribution in [0.3, 0.4) is 0 Å². The number of nitrogens with zero attached hydrogens (tertiary/aromatic N) is 3. The molecule has 6 nitrogen and oxygen atoms in total. The highest BCUT2D eigenvalue weighted by Gasteiger charge is 2.29. The van der Waals surface area contributed by atoms with Crippen molar-refractivity contribution < 1.29 is 4.79 Å². The van der Waals surface area contributed by atoms with Crippen LogP contribution in [-0.2, 0) is 11.2 Å². The maximum atomic E-state index is 12.9. The number of anilines is 1. The van der Waals surface area contributed by atoms with Crippen LogP contribution in [0.1, 0.15) is 41.3 Å². The Balaban J connectivity index is 1.53. The van der Waals surface area contributed by atoms with Gasteiger partial charge in [-0.2, -0.15) is 4.98 Å². The summed E-state index contributed by atoms with van der Waals surface area (Å²) in [5, 5.41) is 10.3. The van der Waals surface area contributed by atoms with Crippen LogP contribution in [0.15, 0.2) is 59.6 Å². The van der Waals surface area contributed by atoms with Gasteiger partial charge < -0.3 is 5.32 Å². The third-order valence-electron chi connectivity index (χ3n) is 4.98. The lowest BCUT2D eigenvalue weighted by atomic mass is 9.96. The first-order chi connectivity index (χ1) is 13.3. The summed E-state index contributed by atoms with van der Waals surface area (Å²) in [6.07, 6.45) is 1.90. The van der Waals surface area contributed by atoms with Crippen LogP contribution in [0.2, 0.25) is 0 Å². The van der Waals surface area contributed by atoms with Crippen LogP contribution >= 0.6 is 0 Å². The van der Waals surface area contributed by atoms with Crippen molar-refractivity contribution in [2.24, 2.45) is 4.99 Å². The molecular weight excluding hydrogens is 338 g/mol. The summed E-state index contributed by atoms with van der Waals surface area (Å²) in [7, 11) is 0. The quantitative estimate of drug-likeness (QED) is 0.752. The van der Waals surface area contributed by atoms with Crippen LogP contribution < -0.4 is 5.32 Å². The fourth-order valence-electron chi connectivity index (χ4n) is 3.40. The largest absolute Gasteiger partial charge is 0.325 e. The fraction of sp³-hybridized carbons (Fsp3) is 0.238. The molecule has 0 bridgehead atoms. The van der Waals surface area contributed by atoms with Crippen molar-refractivity contribution in [1.82, 2.24) is 15.2 Å². The van der Waals surface area contributed by atoms with Crippen molar-refractivity contribution in [3.63, 3.8) is 0 Å². The van der Waals surface area contributed by atoms with Crippen LogP contribution in [0.5, 0.6) is 0 Å². The highest BCUT2D eigenvalue weighted by molar-refractivity contribution is 6.16. The van der Waals surface area contributed by atoms with Gasteiger partial charge in [-0.3, -0.25) is 14.9 Å². The average Bonchev–Trinajstić information content (AvgIpc) is 3.47. The standard InChI is InChI=1S/C21H19N5O/c27-17-12-15-8-4-5-9-16(15)18(13-6-2-1-3-7-13)22-20(17)24-21-23-19(25-26-21)14-10-11-14/h1-9,14,20H,10-12H2,(H2,23,24,25,26). The molecule has 0 saturated heterocycles. The number of carbonyl (C=O) groups is 1. The number of hydrogen-bond acceptors (Lipinski definition) is 5. The summed E-state index contributed by atoms with van der Waals surface area (Å²) in [5.41, 5.74) is 3.78. The second kappa shape index (κ2) is 6.46. The molecule has 2 aromatic carbocycles. The number of aliphatic imine (C=N–C) groups is 1. The van der Waals surface area contributed by atoms with Crippen LogP contribution in [-0.4, -0.2) is 32.8 Å². The summed E-state index contributed by atoms with van der Waals surface area (Å²) in [6.45, 7) is 0. The van der Waals surface area contributed by atoms with E-state index in [-0.39, 0.29) is 5.78 Å². The van der Waals surface area contributed by atoms with Crippen LogP contribution in [0, 0.1) is 0 Å². The number of Topliss-reactive ketones (excluding diaryl/α,β-unsaturated/α-hetero) is 1. The fourth-order valence-corrected chi connectivity index (χ4v) is 3.40. The zero-order chi connectivity index (χ0) is 18.2. The molecule has 2 heterocycles. The monoisotopic (exact) mass is 357 g/mol. The van der Waals surface area contributed by atoms with Crippen molar-refractivity contribution in [3.05, 3.63) is 77.1 Å². The Labute approximate surface area is 156 Å². The van der Waals surface area contributed by atoms with Gasteiger partial charge >= 0.3 is 0 Å². The van der Waals surface area contributed by atoms with E-state index in [9.17, 15) is 4.79 Å². The van der Waals surface area contributed by atoms with Crippen LogP contribution in [0.4, 0.5) is 5.95 Å². The molecule has 5 rings (SSSR count). The third-order valence-corrected chi connectivity index (χ3v) is 4.98. The summed E-state index contributed by atoms with van der Waals surface area (Å²) < 4.78 is 0. The van der Waals surface area contributed by atoms with Crippen molar-refractivity contribution >= 4 is 17.4 Å². The number of H-pyrrole nitrogens is 1. The Morgan fingerprint density at radius 1 is 1.00 bits per heavy atom. The molecule has 134 valence electrons. The topological polar surface area (TPSA) is 83.0 Å². The molecule has 1 saturated carbocycles. The zero-order valence-electron chi connectivity index (χ0n) is 14.7. The minimum Gasteiger partial charge on any atom is -0.325 e. The highest BCUT2D eigenvalue weighted by atomic mass is 16.1. The van der Waals surface area contributed by atoms with Crippen LogP contribution in [0.25, 0.3) is 0 Å². The molecule has 1 aliphatic heterocycles. The zero-order valence-corrected chi connectivity index (χ0v) is 14.7. The summed E-state index contributed by atoms with van der Waals surface area (Å²) in [6, 6.07) is 17.9. The average molecular weight is 357 g/mol. The molecule has 2 aliphatic rings. The lowest BCUT2D eigenvalue weighted by Gasteiger charge is -2.12. The van der Waals surface area contributed by atoms with Gasteiger partial charge in [-0.1, -0.05) is 54.6 Å². The molecule has 0 spiro atoms. The predicted molar refractivity (Wildman–Crippen MR) is 103 cm³/mol. The van der Waals surface area contributed by atoms with Gasteiger partial charge in [0, 0.05) is 23.5 Å². The van der Waals surface area contributed by atoms with E-state index in [4.69, 9.17) is 4.99 Å². The first-order valence-electron chi connectivity index (χ1n) is 9.21. The number of aromatic amines is 1. The molecule has 6 heteroatoms. The van der Waals surface area contributed by atoms with Crippen molar-refractivity contribution in [2.75, 3.05) is 5.32 Å². The van der Waals surface area contributed by atoms with Gasteiger partial charge in [-0.15, -0.1) is 5.10 Å². The SMILES string of the molecule is O=C1Cc2ccccc2C(c2ccccc2)=NC1Nc1n[nH]c(C2CC2)n1. The molecule has 1 aliphatic carbocycles. The van der Waals surface area contributed by atoms with Crippen molar-refractivity contribution in [1.29, 1.82) is 0 Å². The number of aromatic nitrogens is 3. The first kappa shape index (κ1) is 15.9. The smallest absolute Gasteiger partial charge is 0.244 e. The van der Waals surface area contributed by atoms with Gasteiger partial charge in [0.15, 0.2) is 11.9 Å². The van der Waals surface area contributed by atoms with Gasteiger partial charge in [0.25, 0.3) is 0 Å². The molecule has 0 radical (unpaired) electrons. The minimum absolute atomic E-state index is 0.00570. The molecule has 1 atom stereocenters. The summed E-state index contributed by atoms with van der Waals surface area (Å²) >= 11 is 0. The van der Waals surface area contributed by atoms with E-state index in [1.54, 1.807) is 0 Å². The summed E-state index contributed by atoms with van der Waals surface area (Å²) in [4.78, 5) is 22.2. The second-order valence-electron chi connectivity index (χ2n) is 7.01.